The molecule has 1 aromatic rings. The van der Waals surface area contributed by atoms with Crippen LogP contribution >= 0.6 is 12.4 Å². The van der Waals surface area contributed by atoms with Crippen LogP contribution in [0.15, 0.2) is 18.5 Å². The number of halogens is 1. The maximum absolute atomic E-state index is 13.4. The summed E-state index contributed by atoms with van der Waals surface area (Å²) in [6.07, 6.45) is 7.46. The molecule has 0 bridgehead atoms. The third-order valence-corrected chi connectivity index (χ3v) is 5.17. The Bertz CT molecular complexity index is 572. The molecule has 2 amide bonds. The Balaban J connectivity index is 0.00000225. The van der Waals surface area contributed by atoms with Crippen LogP contribution in [0.1, 0.15) is 39.0 Å². The van der Waals surface area contributed by atoms with Crippen LogP contribution in [0.25, 0.3) is 0 Å². The van der Waals surface area contributed by atoms with E-state index in [2.05, 4.69) is 15.7 Å². The van der Waals surface area contributed by atoms with Crippen molar-refractivity contribution in [3.05, 3.63) is 18.5 Å². The van der Waals surface area contributed by atoms with Crippen molar-refractivity contribution in [2.75, 3.05) is 26.2 Å². The number of piperidine rings is 2. The van der Waals surface area contributed by atoms with Crippen molar-refractivity contribution >= 4 is 24.2 Å². The van der Waals surface area contributed by atoms with Crippen LogP contribution in [0.4, 0.5) is 0 Å². The number of hydrogen-bond acceptors (Lipinski definition) is 4. The molecule has 25 heavy (non-hydrogen) atoms. The molecule has 2 aliphatic rings. The van der Waals surface area contributed by atoms with Gasteiger partial charge in [-0.25, -0.2) is 0 Å². The number of rotatable bonds is 4. The number of hydrogen-bond donors (Lipinski definition) is 2. The van der Waals surface area contributed by atoms with E-state index in [4.69, 9.17) is 0 Å². The standard InChI is InChI=1S/C17H27N5O2.ClH/c1-2-15(23)20-14-5-3-11-21(13-14)16(24)17(6-9-18-10-7-17)22-12-4-8-19-22;/h4,8,12,14,18H,2-3,5-7,9-11,13H2,1H3,(H,20,23);1H. The fourth-order valence-corrected chi connectivity index (χ4v) is 3.81. The second-order valence-electron chi connectivity index (χ2n) is 6.74. The molecule has 140 valence electrons. The van der Waals surface area contributed by atoms with Gasteiger partial charge in [-0.3, -0.25) is 14.3 Å². The van der Waals surface area contributed by atoms with E-state index >= 15 is 0 Å². The van der Waals surface area contributed by atoms with Gasteiger partial charge in [0.2, 0.25) is 5.91 Å². The molecule has 3 rings (SSSR count). The first-order chi connectivity index (χ1) is 11.7. The zero-order valence-electron chi connectivity index (χ0n) is 14.7. The zero-order valence-corrected chi connectivity index (χ0v) is 15.6. The van der Waals surface area contributed by atoms with Gasteiger partial charge >= 0.3 is 0 Å². The molecule has 0 aliphatic carbocycles. The van der Waals surface area contributed by atoms with Gasteiger partial charge < -0.3 is 15.5 Å². The van der Waals surface area contributed by atoms with Crippen LogP contribution in [-0.4, -0.2) is 58.7 Å². The summed E-state index contributed by atoms with van der Waals surface area (Å²) in [5, 5.41) is 10.7. The lowest BCUT2D eigenvalue weighted by Crippen LogP contribution is -2.59. The van der Waals surface area contributed by atoms with E-state index in [1.807, 2.05) is 28.8 Å². The maximum Gasteiger partial charge on any atom is 0.250 e. The Morgan fingerprint density at radius 2 is 2.12 bits per heavy atom. The van der Waals surface area contributed by atoms with Gasteiger partial charge in [-0.2, -0.15) is 5.10 Å². The van der Waals surface area contributed by atoms with Crippen molar-refractivity contribution in [2.24, 2.45) is 0 Å². The molecular formula is C17H28ClN5O2. The average Bonchev–Trinajstić information content (AvgIpc) is 3.17. The molecular weight excluding hydrogens is 342 g/mol. The number of aromatic nitrogens is 2. The lowest BCUT2D eigenvalue weighted by Gasteiger charge is -2.42. The number of carbonyl (C=O) groups excluding carboxylic acids is 2. The quantitative estimate of drug-likeness (QED) is 0.826. The number of carbonyl (C=O) groups is 2. The van der Waals surface area contributed by atoms with Gasteiger partial charge in [-0.15, -0.1) is 12.4 Å². The Kier molecular flexibility index (Phi) is 6.84. The third-order valence-electron chi connectivity index (χ3n) is 5.17. The van der Waals surface area contributed by atoms with Crippen LogP contribution in [0, 0.1) is 0 Å². The van der Waals surface area contributed by atoms with E-state index in [9.17, 15) is 9.59 Å². The molecule has 1 atom stereocenters. The molecule has 2 N–H and O–H groups in total. The highest BCUT2D eigenvalue weighted by Gasteiger charge is 2.45. The Morgan fingerprint density at radius 1 is 1.36 bits per heavy atom. The van der Waals surface area contributed by atoms with E-state index < -0.39 is 5.54 Å². The maximum atomic E-state index is 13.4. The van der Waals surface area contributed by atoms with Crippen LogP contribution in [0.5, 0.6) is 0 Å². The van der Waals surface area contributed by atoms with E-state index in [0.29, 0.717) is 13.0 Å². The summed E-state index contributed by atoms with van der Waals surface area (Å²) in [4.78, 5) is 27.0. The SMILES string of the molecule is CCC(=O)NC1CCCN(C(=O)C2(n3cccn3)CCNCC2)C1.Cl. The molecule has 2 aliphatic heterocycles. The molecule has 8 heteroatoms. The fraction of sp³-hybridized carbons (Fsp3) is 0.706. The number of nitrogens with zero attached hydrogens (tertiary/aromatic N) is 3. The minimum atomic E-state index is -0.592. The van der Waals surface area contributed by atoms with Gasteiger partial charge in [0.25, 0.3) is 5.91 Å². The van der Waals surface area contributed by atoms with Crippen LogP contribution in [0.3, 0.4) is 0 Å². The molecule has 3 heterocycles. The highest BCUT2D eigenvalue weighted by atomic mass is 35.5. The van der Waals surface area contributed by atoms with Gasteiger partial charge in [-0.1, -0.05) is 6.92 Å². The third kappa shape index (κ3) is 4.15. The topological polar surface area (TPSA) is 79.3 Å². The summed E-state index contributed by atoms with van der Waals surface area (Å²) in [7, 11) is 0. The molecule has 2 fully saturated rings. The van der Waals surface area contributed by atoms with Crippen LogP contribution in [-0.2, 0) is 15.1 Å². The highest BCUT2D eigenvalue weighted by molar-refractivity contribution is 5.85. The summed E-state index contributed by atoms with van der Waals surface area (Å²) in [5.41, 5.74) is -0.592. The molecule has 0 radical (unpaired) electrons. The molecule has 0 aromatic carbocycles. The first-order valence-electron chi connectivity index (χ1n) is 8.95. The van der Waals surface area contributed by atoms with Crippen molar-refractivity contribution in [3.8, 4) is 0 Å². The zero-order chi connectivity index (χ0) is 17.0. The molecule has 2 saturated heterocycles. The first-order valence-corrected chi connectivity index (χ1v) is 8.95. The Hall–Kier alpha value is -1.60. The van der Waals surface area contributed by atoms with Gasteiger partial charge in [-0.05, 0) is 44.8 Å². The van der Waals surface area contributed by atoms with E-state index in [1.165, 1.54) is 0 Å². The average molecular weight is 370 g/mol. The predicted molar refractivity (Wildman–Crippen MR) is 97.6 cm³/mol. The highest BCUT2D eigenvalue weighted by Crippen LogP contribution is 2.30. The molecule has 0 spiro atoms. The van der Waals surface area contributed by atoms with Gasteiger partial charge in [0, 0.05) is 37.9 Å². The van der Waals surface area contributed by atoms with Crippen molar-refractivity contribution in [1.82, 2.24) is 25.3 Å². The summed E-state index contributed by atoms with van der Waals surface area (Å²) < 4.78 is 1.84. The second-order valence-corrected chi connectivity index (χ2v) is 6.74. The Labute approximate surface area is 154 Å². The summed E-state index contributed by atoms with van der Waals surface area (Å²) in [6, 6.07) is 1.93. The summed E-state index contributed by atoms with van der Waals surface area (Å²) >= 11 is 0. The van der Waals surface area contributed by atoms with Crippen molar-refractivity contribution in [1.29, 1.82) is 0 Å². The summed E-state index contributed by atoms with van der Waals surface area (Å²) in [5.74, 6) is 0.195. The van der Waals surface area contributed by atoms with Gasteiger partial charge in [0.15, 0.2) is 0 Å². The molecule has 0 saturated carbocycles. The van der Waals surface area contributed by atoms with E-state index in [-0.39, 0.29) is 30.3 Å². The summed E-state index contributed by atoms with van der Waals surface area (Å²) in [6.45, 7) is 4.84. The fourth-order valence-electron chi connectivity index (χ4n) is 3.81. The molecule has 7 nitrogen and oxygen atoms in total. The van der Waals surface area contributed by atoms with Crippen LogP contribution < -0.4 is 10.6 Å². The predicted octanol–water partition coefficient (Wildman–Crippen LogP) is 0.901. The number of amides is 2. The lowest BCUT2D eigenvalue weighted by molar-refractivity contribution is -0.145. The number of nitrogens with one attached hydrogen (secondary N) is 2. The first kappa shape index (κ1) is 19.7. The Morgan fingerprint density at radius 3 is 2.76 bits per heavy atom. The lowest BCUT2D eigenvalue weighted by atomic mass is 9.86. The minimum Gasteiger partial charge on any atom is -0.352 e. The van der Waals surface area contributed by atoms with E-state index in [1.54, 1.807) is 6.20 Å². The monoisotopic (exact) mass is 369 g/mol. The smallest absolute Gasteiger partial charge is 0.250 e. The largest absolute Gasteiger partial charge is 0.352 e. The van der Waals surface area contributed by atoms with Gasteiger partial charge in [0.1, 0.15) is 5.54 Å². The van der Waals surface area contributed by atoms with Gasteiger partial charge in [0.05, 0.1) is 0 Å². The van der Waals surface area contributed by atoms with E-state index in [0.717, 1.165) is 45.3 Å². The molecule has 1 unspecified atom stereocenters. The number of likely N-dealkylation sites (tertiary alicyclic amines) is 1. The second kappa shape index (κ2) is 8.67. The normalized spacial score (nSPS) is 22.8. The molecule has 1 aromatic heterocycles. The van der Waals surface area contributed by atoms with Crippen molar-refractivity contribution < 1.29 is 9.59 Å². The van der Waals surface area contributed by atoms with Crippen LogP contribution in [0.2, 0.25) is 0 Å². The minimum absolute atomic E-state index is 0. The van der Waals surface area contributed by atoms with Crippen molar-refractivity contribution in [3.63, 3.8) is 0 Å². The van der Waals surface area contributed by atoms with Crippen molar-refractivity contribution in [2.45, 2.75) is 50.6 Å².